The summed E-state index contributed by atoms with van der Waals surface area (Å²) in [5.74, 6) is -0.349. The van der Waals surface area contributed by atoms with Crippen LogP contribution in [-0.2, 0) is 9.53 Å². The summed E-state index contributed by atoms with van der Waals surface area (Å²) in [4.78, 5) is 11.0. The van der Waals surface area contributed by atoms with Crippen molar-refractivity contribution < 1.29 is 9.53 Å². The number of carbonyl (C=O) groups excluding carboxylic acids is 1. The fourth-order valence-corrected chi connectivity index (χ4v) is 1.81. The van der Waals surface area contributed by atoms with Crippen LogP contribution in [0.5, 0.6) is 0 Å². The molecule has 0 aliphatic heterocycles. The Hall–Kier alpha value is -0.580. The zero-order valence-corrected chi connectivity index (χ0v) is 10.5. The number of rotatable bonds is 3. The maximum atomic E-state index is 11.0. The standard InChI is InChI=1S/C10H11BrClNO2/c1-15-10(14)5-9(13)7-4-6(11)2-3-8(7)12/h2-4,9H,5,13H2,1H3. The van der Waals surface area contributed by atoms with E-state index < -0.39 is 6.04 Å². The number of hydrogen-bond donors (Lipinski definition) is 1. The lowest BCUT2D eigenvalue weighted by Crippen LogP contribution is -2.16. The van der Waals surface area contributed by atoms with Crippen molar-refractivity contribution in [2.45, 2.75) is 12.5 Å². The highest BCUT2D eigenvalue weighted by molar-refractivity contribution is 9.10. The Bertz CT molecular complexity index is 370. The highest BCUT2D eigenvalue weighted by Crippen LogP contribution is 2.27. The van der Waals surface area contributed by atoms with Gasteiger partial charge in [-0.3, -0.25) is 4.79 Å². The van der Waals surface area contributed by atoms with Gasteiger partial charge in [-0.1, -0.05) is 27.5 Å². The molecule has 0 heterocycles. The van der Waals surface area contributed by atoms with Crippen molar-refractivity contribution in [2.75, 3.05) is 7.11 Å². The van der Waals surface area contributed by atoms with Gasteiger partial charge in [0, 0.05) is 15.5 Å². The molecule has 1 aromatic carbocycles. The molecule has 0 aromatic heterocycles. The number of halogens is 2. The van der Waals surface area contributed by atoms with E-state index >= 15 is 0 Å². The molecule has 5 heteroatoms. The third kappa shape index (κ3) is 3.48. The van der Waals surface area contributed by atoms with Gasteiger partial charge in [0.2, 0.25) is 0 Å². The largest absolute Gasteiger partial charge is 0.469 e. The number of ether oxygens (including phenoxy) is 1. The van der Waals surface area contributed by atoms with E-state index in [0.29, 0.717) is 5.02 Å². The first-order chi connectivity index (χ1) is 7.04. The smallest absolute Gasteiger partial charge is 0.307 e. The van der Waals surface area contributed by atoms with Crippen LogP contribution in [0.25, 0.3) is 0 Å². The Balaban J connectivity index is 2.85. The Labute approximate surface area is 102 Å². The summed E-state index contributed by atoms with van der Waals surface area (Å²) in [6.45, 7) is 0. The van der Waals surface area contributed by atoms with Crippen LogP contribution in [0.3, 0.4) is 0 Å². The van der Waals surface area contributed by atoms with E-state index in [2.05, 4.69) is 20.7 Å². The number of nitrogens with two attached hydrogens (primary N) is 1. The Morgan fingerprint density at radius 2 is 2.33 bits per heavy atom. The van der Waals surface area contributed by atoms with Crippen LogP contribution in [0.2, 0.25) is 5.02 Å². The molecule has 0 aliphatic rings. The minimum atomic E-state index is -0.442. The van der Waals surface area contributed by atoms with E-state index in [1.165, 1.54) is 7.11 Å². The number of carbonyl (C=O) groups is 1. The number of hydrogen-bond acceptors (Lipinski definition) is 3. The maximum Gasteiger partial charge on any atom is 0.307 e. The fraction of sp³-hybridized carbons (Fsp3) is 0.300. The van der Waals surface area contributed by atoms with E-state index in [-0.39, 0.29) is 12.4 Å². The minimum absolute atomic E-state index is 0.118. The molecule has 1 atom stereocenters. The molecular weight excluding hydrogens is 281 g/mol. The van der Waals surface area contributed by atoms with Crippen molar-refractivity contribution in [3.8, 4) is 0 Å². The molecule has 0 amide bonds. The molecule has 1 unspecified atom stereocenters. The summed E-state index contributed by atoms with van der Waals surface area (Å²) in [5.41, 5.74) is 6.57. The lowest BCUT2D eigenvalue weighted by atomic mass is 10.1. The van der Waals surface area contributed by atoms with Crippen LogP contribution < -0.4 is 5.73 Å². The van der Waals surface area contributed by atoms with Gasteiger partial charge in [0.1, 0.15) is 0 Å². The molecule has 82 valence electrons. The molecule has 0 spiro atoms. The summed E-state index contributed by atoms with van der Waals surface area (Å²) in [6, 6.07) is 4.91. The molecule has 15 heavy (non-hydrogen) atoms. The van der Waals surface area contributed by atoms with Gasteiger partial charge in [-0.15, -0.1) is 0 Å². The zero-order chi connectivity index (χ0) is 11.4. The summed E-state index contributed by atoms with van der Waals surface area (Å²) >= 11 is 9.28. The van der Waals surface area contributed by atoms with Gasteiger partial charge in [-0.05, 0) is 23.8 Å². The molecule has 0 saturated heterocycles. The summed E-state index contributed by atoms with van der Waals surface area (Å²) in [7, 11) is 1.33. The molecule has 2 N–H and O–H groups in total. The van der Waals surface area contributed by atoms with Crippen LogP contribution in [0.4, 0.5) is 0 Å². The molecule has 0 radical (unpaired) electrons. The second-order valence-corrected chi connectivity index (χ2v) is 4.38. The second kappa shape index (κ2) is 5.49. The van der Waals surface area contributed by atoms with Crippen LogP contribution in [0.1, 0.15) is 18.0 Å². The molecule has 1 aromatic rings. The normalized spacial score (nSPS) is 12.3. The first kappa shape index (κ1) is 12.5. The lowest BCUT2D eigenvalue weighted by Gasteiger charge is -2.12. The highest BCUT2D eigenvalue weighted by atomic mass is 79.9. The van der Waals surface area contributed by atoms with Gasteiger partial charge in [0.15, 0.2) is 0 Å². The highest BCUT2D eigenvalue weighted by Gasteiger charge is 2.14. The molecule has 0 bridgehead atoms. The Morgan fingerprint density at radius 3 is 2.93 bits per heavy atom. The molecule has 0 fully saturated rings. The molecule has 3 nitrogen and oxygen atoms in total. The second-order valence-electron chi connectivity index (χ2n) is 3.05. The van der Waals surface area contributed by atoms with Crippen molar-refractivity contribution >= 4 is 33.5 Å². The van der Waals surface area contributed by atoms with Crippen LogP contribution >= 0.6 is 27.5 Å². The van der Waals surface area contributed by atoms with E-state index in [1.807, 2.05) is 6.07 Å². The van der Waals surface area contributed by atoms with Crippen LogP contribution in [0, 0.1) is 0 Å². The average Bonchev–Trinajstić information content (AvgIpc) is 2.21. The molecule has 0 saturated carbocycles. The quantitative estimate of drug-likeness (QED) is 0.871. The monoisotopic (exact) mass is 291 g/mol. The third-order valence-corrected chi connectivity index (χ3v) is 2.81. The van der Waals surface area contributed by atoms with Gasteiger partial charge in [-0.25, -0.2) is 0 Å². The van der Waals surface area contributed by atoms with Gasteiger partial charge in [-0.2, -0.15) is 0 Å². The summed E-state index contributed by atoms with van der Waals surface area (Å²) in [6.07, 6.45) is 0.118. The van der Waals surface area contributed by atoms with E-state index in [1.54, 1.807) is 12.1 Å². The van der Waals surface area contributed by atoms with Crippen molar-refractivity contribution in [3.05, 3.63) is 33.3 Å². The maximum absolute atomic E-state index is 11.0. The third-order valence-electron chi connectivity index (χ3n) is 1.97. The lowest BCUT2D eigenvalue weighted by molar-refractivity contribution is -0.141. The molecular formula is C10H11BrClNO2. The SMILES string of the molecule is COC(=O)CC(N)c1cc(Br)ccc1Cl. The minimum Gasteiger partial charge on any atom is -0.469 e. The first-order valence-corrected chi connectivity index (χ1v) is 5.49. The van der Waals surface area contributed by atoms with E-state index in [0.717, 1.165) is 10.0 Å². The first-order valence-electron chi connectivity index (χ1n) is 4.32. The van der Waals surface area contributed by atoms with E-state index in [9.17, 15) is 4.79 Å². The van der Waals surface area contributed by atoms with Crippen molar-refractivity contribution in [1.29, 1.82) is 0 Å². The van der Waals surface area contributed by atoms with Gasteiger partial charge in [0.05, 0.1) is 13.5 Å². The zero-order valence-electron chi connectivity index (χ0n) is 8.17. The Morgan fingerprint density at radius 1 is 1.67 bits per heavy atom. The van der Waals surface area contributed by atoms with Gasteiger partial charge in [0.25, 0.3) is 0 Å². The molecule has 1 rings (SSSR count). The van der Waals surface area contributed by atoms with Crippen molar-refractivity contribution in [2.24, 2.45) is 5.73 Å². The molecule has 0 aliphatic carbocycles. The van der Waals surface area contributed by atoms with Gasteiger partial charge < -0.3 is 10.5 Å². The summed E-state index contributed by atoms with van der Waals surface area (Å²) < 4.78 is 5.42. The van der Waals surface area contributed by atoms with Gasteiger partial charge >= 0.3 is 5.97 Å². The summed E-state index contributed by atoms with van der Waals surface area (Å²) in [5, 5.41) is 0.551. The van der Waals surface area contributed by atoms with Crippen LogP contribution in [-0.4, -0.2) is 13.1 Å². The predicted octanol–water partition coefficient (Wildman–Crippen LogP) is 2.67. The number of methoxy groups -OCH3 is 1. The van der Waals surface area contributed by atoms with Crippen molar-refractivity contribution in [1.82, 2.24) is 0 Å². The predicted molar refractivity (Wildman–Crippen MR) is 62.7 cm³/mol. The van der Waals surface area contributed by atoms with E-state index in [4.69, 9.17) is 17.3 Å². The van der Waals surface area contributed by atoms with Crippen LogP contribution in [0.15, 0.2) is 22.7 Å². The Kier molecular flexibility index (Phi) is 4.57. The topological polar surface area (TPSA) is 52.3 Å². The fourth-order valence-electron chi connectivity index (χ4n) is 1.17. The number of benzene rings is 1. The number of esters is 1. The van der Waals surface area contributed by atoms with Crippen molar-refractivity contribution in [3.63, 3.8) is 0 Å². The average molecular weight is 293 g/mol.